The standard InChI is InChI=1S/C14H22BrNOS/c1-4-16-11(3)13-6-5-12(15)9-14(13)18-10(2)7-8-17/h5-6,9-11,16-17H,4,7-8H2,1-3H3. The molecule has 0 saturated carbocycles. The zero-order valence-electron chi connectivity index (χ0n) is 11.2. The number of aliphatic hydroxyl groups excluding tert-OH is 1. The molecule has 0 aliphatic rings. The van der Waals surface area contributed by atoms with Gasteiger partial charge in [0.15, 0.2) is 0 Å². The first-order valence-corrected chi connectivity index (χ1v) is 8.06. The second kappa shape index (κ2) is 8.20. The van der Waals surface area contributed by atoms with Gasteiger partial charge in [0, 0.05) is 27.3 Å². The summed E-state index contributed by atoms with van der Waals surface area (Å²) in [7, 11) is 0. The van der Waals surface area contributed by atoms with E-state index < -0.39 is 0 Å². The fourth-order valence-electron chi connectivity index (χ4n) is 1.84. The first kappa shape index (κ1) is 16.0. The molecule has 0 aliphatic heterocycles. The van der Waals surface area contributed by atoms with Gasteiger partial charge in [0.1, 0.15) is 0 Å². The Kier molecular flexibility index (Phi) is 7.30. The monoisotopic (exact) mass is 331 g/mol. The molecule has 2 N–H and O–H groups in total. The van der Waals surface area contributed by atoms with Crippen LogP contribution >= 0.6 is 27.7 Å². The summed E-state index contributed by atoms with van der Waals surface area (Å²) < 4.78 is 1.11. The van der Waals surface area contributed by atoms with E-state index in [-0.39, 0.29) is 6.61 Å². The summed E-state index contributed by atoms with van der Waals surface area (Å²) in [6.07, 6.45) is 0.826. The van der Waals surface area contributed by atoms with Crippen LogP contribution in [0.15, 0.2) is 27.6 Å². The normalized spacial score (nSPS) is 14.5. The van der Waals surface area contributed by atoms with Crippen LogP contribution in [0.5, 0.6) is 0 Å². The molecule has 0 spiro atoms. The molecule has 0 amide bonds. The quantitative estimate of drug-likeness (QED) is 0.741. The molecule has 0 fully saturated rings. The van der Waals surface area contributed by atoms with Crippen LogP contribution in [0.1, 0.15) is 38.8 Å². The molecule has 4 heteroatoms. The molecule has 2 unspecified atom stereocenters. The van der Waals surface area contributed by atoms with Crippen molar-refractivity contribution in [3.63, 3.8) is 0 Å². The zero-order valence-corrected chi connectivity index (χ0v) is 13.6. The van der Waals surface area contributed by atoms with Gasteiger partial charge in [0.05, 0.1) is 0 Å². The van der Waals surface area contributed by atoms with Crippen molar-refractivity contribution in [3.05, 3.63) is 28.2 Å². The Labute approximate surface area is 123 Å². The molecule has 1 rings (SSSR count). The van der Waals surface area contributed by atoms with E-state index in [2.05, 4.69) is 60.2 Å². The Morgan fingerprint density at radius 3 is 2.72 bits per heavy atom. The van der Waals surface area contributed by atoms with Gasteiger partial charge < -0.3 is 10.4 Å². The van der Waals surface area contributed by atoms with Crippen LogP contribution in [-0.2, 0) is 0 Å². The van der Waals surface area contributed by atoms with Crippen LogP contribution in [0.4, 0.5) is 0 Å². The molecule has 2 nitrogen and oxygen atoms in total. The molecule has 0 heterocycles. The van der Waals surface area contributed by atoms with E-state index >= 15 is 0 Å². The van der Waals surface area contributed by atoms with E-state index in [0.29, 0.717) is 11.3 Å². The highest BCUT2D eigenvalue weighted by Crippen LogP contribution is 2.33. The summed E-state index contributed by atoms with van der Waals surface area (Å²) in [4.78, 5) is 1.29. The van der Waals surface area contributed by atoms with Gasteiger partial charge in [0.2, 0.25) is 0 Å². The van der Waals surface area contributed by atoms with Crippen molar-refractivity contribution in [2.45, 2.75) is 43.4 Å². The number of hydrogen-bond donors (Lipinski definition) is 2. The molecule has 18 heavy (non-hydrogen) atoms. The topological polar surface area (TPSA) is 32.3 Å². The van der Waals surface area contributed by atoms with Crippen LogP contribution in [0.25, 0.3) is 0 Å². The first-order valence-electron chi connectivity index (χ1n) is 6.38. The van der Waals surface area contributed by atoms with E-state index in [1.165, 1.54) is 10.5 Å². The average Bonchev–Trinajstić information content (AvgIpc) is 2.29. The molecule has 0 aromatic heterocycles. The van der Waals surface area contributed by atoms with Crippen molar-refractivity contribution in [2.24, 2.45) is 0 Å². The predicted octanol–water partition coefficient (Wildman–Crippen LogP) is 3.98. The Morgan fingerprint density at radius 2 is 2.11 bits per heavy atom. The van der Waals surface area contributed by atoms with E-state index in [4.69, 9.17) is 5.11 Å². The SMILES string of the molecule is CCNC(C)c1ccc(Br)cc1SC(C)CCO. The molecule has 0 aliphatic carbocycles. The predicted molar refractivity (Wildman–Crippen MR) is 83.3 cm³/mol. The Morgan fingerprint density at radius 1 is 1.39 bits per heavy atom. The number of rotatable bonds is 7. The smallest absolute Gasteiger partial charge is 0.0441 e. The minimum Gasteiger partial charge on any atom is -0.396 e. The minimum absolute atomic E-state index is 0.250. The van der Waals surface area contributed by atoms with Gasteiger partial charge in [-0.2, -0.15) is 0 Å². The summed E-state index contributed by atoms with van der Waals surface area (Å²) in [6, 6.07) is 6.78. The maximum Gasteiger partial charge on any atom is 0.0441 e. The van der Waals surface area contributed by atoms with Gasteiger partial charge in [-0.25, -0.2) is 0 Å². The van der Waals surface area contributed by atoms with Crippen molar-refractivity contribution >= 4 is 27.7 Å². The third-order valence-electron chi connectivity index (χ3n) is 2.82. The van der Waals surface area contributed by atoms with E-state index in [1.807, 2.05) is 11.8 Å². The van der Waals surface area contributed by atoms with Gasteiger partial charge in [-0.15, -0.1) is 11.8 Å². The first-order chi connectivity index (χ1) is 8.58. The largest absolute Gasteiger partial charge is 0.396 e. The highest BCUT2D eigenvalue weighted by molar-refractivity contribution is 9.10. The highest BCUT2D eigenvalue weighted by atomic mass is 79.9. The van der Waals surface area contributed by atoms with Gasteiger partial charge in [-0.1, -0.05) is 35.8 Å². The van der Waals surface area contributed by atoms with Crippen molar-refractivity contribution in [1.82, 2.24) is 5.32 Å². The zero-order chi connectivity index (χ0) is 13.5. The van der Waals surface area contributed by atoms with E-state index in [0.717, 1.165) is 17.4 Å². The van der Waals surface area contributed by atoms with Gasteiger partial charge >= 0.3 is 0 Å². The number of aliphatic hydroxyl groups is 1. The Hall–Kier alpha value is -0.0300. The summed E-state index contributed by atoms with van der Waals surface area (Å²) in [5, 5.41) is 12.9. The second-order valence-electron chi connectivity index (χ2n) is 4.40. The molecular weight excluding hydrogens is 310 g/mol. The molecule has 0 bridgehead atoms. The Bertz CT molecular complexity index is 373. The lowest BCUT2D eigenvalue weighted by atomic mass is 10.1. The van der Waals surface area contributed by atoms with Crippen LogP contribution in [0.3, 0.4) is 0 Å². The van der Waals surface area contributed by atoms with Crippen LogP contribution in [-0.4, -0.2) is 23.5 Å². The van der Waals surface area contributed by atoms with Gasteiger partial charge in [0.25, 0.3) is 0 Å². The van der Waals surface area contributed by atoms with E-state index in [9.17, 15) is 0 Å². The average molecular weight is 332 g/mol. The Balaban J connectivity index is 2.89. The highest BCUT2D eigenvalue weighted by Gasteiger charge is 2.13. The lowest BCUT2D eigenvalue weighted by Crippen LogP contribution is -2.18. The molecule has 1 aromatic rings. The number of benzene rings is 1. The lowest BCUT2D eigenvalue weighted by Gasteiger charge is -2.19. The van der Waals surface area contributed by atoms with Crippen molar-refractivity contribution in [1.29, 1.82) is 0 Å². The number of thioether (sulfide) groups is 1. The van der Waals surface area contributed by atoms with Gasteiger partial charge in [-0.05, 0) is 37.6 Å². The maximum absolute atomic E-state index is 9.00. The molecule has 0 radical (unpaired) electrons. The summed E-state index contributed by atoms with van der Waals surface area (Å²) in [5.41, 5.74) is 1.33. The van der Waals surface area contributed by atoms with Crippen LogP contribution < -0.4 is 5.32 Å². The second-order valence-corrected chi connectivity index (χ2v) is 6.80. The molecule has 0 saturated heterocycles. The third-order valence-corrected chi connectivity index (χ3v) is 4.56. The summed E-state index contributed by atoms with van der Waals surface area (Å²) in [5.74, 6) is 0. The van der Waals surface area contributed by atoms with Crippen molar-refractivity contribution in [3.8, 4) is 0 Å². The number of hydrogen-bond acceptors (Lipinski definition) is 3. The van der Waals surface area contributed by atoms with Crippen molar-refractivity contribution in [2.75, 3.05) is 13.2 Å². The lowest BCUT2D eigenvalue weighted by molar-refractivity contribution is 0.289. The van der Waals surface area contributed by atoms with Gasteiger partial charge in [-0.3, -0.25) is 0 Å². The fourth-order valence-corrected chi connectivity index (χ4v) is 3.59. The molecule has 102 valence electrons. The molecule has 1 aromatic carbocycles. The van der Waals surface area contributed by atoms with Crippen LogP contribution in [0.2, 0.25) is 0 Å². The molecular formula is C14H22BrNOS. The minimum atomic E-state index is 0.250. The fraction of sp³-hybridized carbons (Fsp3) is 0.571. The third kappa shape index (κ3) is 4.92. The van der Waals surface area contributed by atoms with Crippen LogP contribution in [0, 0.1) is 0 Å². The number of nitrogens with one attached hydrogen (secondary N) is 1. The molecule has 2 atom stereocenters. The maximum atomic E-state index is 9.00. The summed E-state index contributed by atoms with van der Waals surface area (Å²) in [6.45, 7) is 7.68. The van der Waals surface area contributed by atoms with E-state index in [1.54, 1.807) is 0 Å². The van der Waals surface area contributed by atoms with Crippen molar-refractivity contribution < 1.29 is 5.11 Å². The summed E-state index contributed by atoms with van der Waals surface area (Å²) >= 11 is 5.36. The number of halogens is 1.